The van der Waals surface area contributed by atoms with E-state index in [9.17, 15) is 9.90 Å². The molecule has 4 heterocycles. The van der Waals surface area contributed by atoms with Gasteiger partial charge in [-0.15, -0.1) is 5.10 Å². The Balaban J connectivity index is 1.22. The topological polar surface area (TPSA) is 150 Å². The minimum absolute atomic E-state index is 0.240. The molecule has 1 aliphatic carbocycles. The molecular formula is C24H31N7O5. The minimum Gasteiger partial charge on any atom is -0.488 e. The molecule has 0 radical (unpaired) electrons. The van der Waals surface area contributed by atoms with Gasteiger partial charge in [0.15, 0.2) is 6.10 Å². The van der Waals surface area contributed by atoms with Crippen LogP contribution in [0.3, 0.4) is 0 Å². The Labute approximate surface area is 208 Å². The largest absolute Gasteiger partial charge is 0.488 e. The second-order valence-corrected chi connectivity index (χ2v) is 9.45. The number of hydrogen-bond donors (Lipinski definition) is 2. The van der Waals surface area contributed by atoms with Crippen molar-refractivity contribution in [1.29, 1.82) is 0 Å². The van der Waals surface area contributed by atoms with Crippen molar-refractivity contribution < 1.29 is 23.9 Å². The van der Waals surface area contributed by atoms with Crippen LogP contribution in [0.4, 0.5) is 5.95 Å². The molecule has 12 heteroatoms. The van der Waals surface area contributed by atoms with E-state index in [2.05, 4.69) is 30.8 Å². The highest BCUT2D eigenvalue weighted by Crippen LogP contribution is 2.30. The highest BCUT2D eigenvalue weighted by atomic mass is 16.5. The van der Waals surface area contributed by atoms with Gasteiger partial charge in [0.05, 0.1) is 30.2 Å². The third-order valence-corrected chi connectivity index (χ3v) is 6.90. The molecule has 12 nitrogen and oxygen atoms in total. The maximum Gasteiger partial charge on any atom is 0.332 e. The molecule has 2 atom stereocenters. The van der Waals surface area contributed by atoms with Crippen LogP contribution >= 0.6 is 0 Å². The fraction of sp³-hybridized carbons (Fsp3) is 0.583. The maximum atomic E-state index is 11.2. The summed E-state index contributed by atoms with van der Waals surface area (Å²) in [5, 5.41) is 24.9. The maximum absolute atomic E-state index is 11.2. The van der Waals surface area contributed by atoms with Crippen molar-refractivity contribution in [3.63, 3.8) is 0 Å². The molecule has 2 aliphatic rings. The van der Waals surface area contributed by atoms with Crippen molar-refractivity contribution in [2.75, 3.05) is 11.9 Å². The van der Waals surface area contributed by atoms with E-state index in [1.165, 1.54) is 19.3 Å². The molecule has 0 aromatic carbocycles. The normalized spacial score (nSPS) is 20.2. The van der Waals surface area contributed by atoms with E-state index in [4.69, 9.17) is 14.0 Å². The number of hydrogen-bond acceptors (Lipinski definition) is 10. The van der Waals surface area contributed by atoms with E-state index >= 15 is 0 Å². The number of aryl methyl sites for hydroxylation is 3. The first-order chi connectivity index (χ1) is 17.5. The van der Waals surface area contributed by atoms with Crippen LogP contribution in [0.5, 0.6) is 5.75 Å². The molecule has 0 bridgehead atoms. The van der Waals surface area contributed by atoms with Gasteiger partial charge in [-0.1, -0.05) is 24.5 Å². The molecule has 2 N–H and O–H groups in total. The number of rotatable bonds is 10. The van der Waals surface area contributed by atoms with Crippen molar-refractivity contribution >= 4 is 11.9 Å². The Morgan fingerprint density at radius 1 is 1.28 bits per heavy atom. The number of aromatic nitrogens is 6. The van der Waals surface area contributed by atoms with Crippen molar-refractivity contribution in [3.8, 4) is 17.1 Å². The molecule has 1 saturated carbocycles. The highest BCUT2D eigenvalue weighted by molar-refractivity contribution is 5.72. The molecule has 1 aliphatic heterocycles. The average Bonchev–Trinajstić information content (AvgIpc) is 3.44. The zero-order chi connectivity index (χ0) is 25.1. The summed E-state index contributed by atoms with van der Waals surface area (Å²) < 4.78 is 18.4. The van der Waals surface area contributed by atoms with E-state index in [0.717, 1.165) is 24.5 Å². The molecule has 3 aromatic heterocycles. The van der Waals surface area contributed by atoms with Crippen molar-refractivity contribution in [2.45, 2.75) is 70.6 Å². The number of carboxylic acids is 1. The van der Waals surface area contributed by atoms with Crippen molar-refractivity contribution in [3.05, 3.63) is 29.4 Å². The van der Waals surface area contributed by atoms with Gasteiger partial charge in [-0.25, -0.2) is 14.5 Å². The summed E-state index contributed by atoms with van der Waals surface area (Å²) in [6.07, 6.45) is 5.68. The Hall–Kier alpha value is -3.54. The zero-order valence-corrected chi connectivity index (χ0v) is 20.5. The van der Waals surface area contributed by atoms with Crippen LogP contribution in [-0.2, 0) is 29.5 Å². The first kappa shape index (κ1) is 24.2. The number of ether oxygens (including phenoxy) is 2. The monoisotopic (exact) mass is 497 g/mol. The lowest BCUT2D eigenvalue weighted by molar-refractivity contribution is -0.156. The molecule has 5 rings (SSSR count). The third kappa shape index (κ3) is 5.48. The van der Waals surface area contributed by atoms with Crippen LogP contribution in [0, 0.1) is 12.8 Å². The van der Waals surface area contributed by atoms with E-state index < -0.39 is 12.1 Å². The molecular weight excluding hydrogens is 466 g/mol. The van der Waals surface area contributed by atoms with E-state index in [1.807, 2.05) is 26.1 Å². The van der Waals surface area contributed by atoms with Gasteiger partial charge >= 0.3 is 5.97 Å². The Kier molecular flexibility index (Phi) is 7.12. The Morgan fingerprint density at radius 2 is 2.14 bits per heavy atom. The summed E-state index contributed by atoms with van der Waals surface area (Å²) in [6.45, 7) is 2.61. The van der Waals surface area contributed by atoms with Gasteiger partial charge in [-0.2, -0.15) is 4.98 Å². The number of aliphatic carboxylic acids is 1. The molecule has 1 saturated heterocycles. The summed E-state index contributed by atoms with van der Waals surface area (Å²) in [5.74, 6) is 1.53. The number of nitrogens with zero attached hydrogens (tertiary/aromatic N) is 6. The quantitative estimate of drug-likeness (QED) is 0.425. The molecule has 0 amide bonds. The highest BCUT2D eigenvalue weighted by Gasteiger charge is 2.29. The number of anilines is 1. The lowest BCUT2D eigenvalue weighted by atomic mass is 9.82. The van der Waals surface area contributed by atoms with Crippen molar-refractivity contribution in [2.24, 2.45) is 13.0 Å². The lowest BCUT2D eigenvalue weighted by Gasteiger charge is -2.28. The average molecular weight is 498 g/mol. The van der Waals surface area contributed by atoms with Gasteiger partial charge in [0, 0.05) is 26.3 Å². The molecule has 0 spiro atoms. The van der Waals surface area contributed by atoms with Gasteiger partial charge in [-0.3, -0.25) is 0 Å². The van der Waals surface area contributed by atoms with Gasteiger partial charge in [0.25, 0.3) is 5.95 Å². The molecule has 2 fully saturated rings. The van der Waals surface area contributed by atoms with Crippen LogP contribution in [0.1, 0.15) is 55.8 Å². The standard InChI is InChI=1S/C24H31N7O5/c1-14-19(35-16-10-11-34-20(12-16)23(32)33)8-7-17(26-14)22-18(31(2)30-28-22)13-25-24-27-21(36-29-24)9-6-15-4-3-5-15/h7-8,15-16,20H,3-6,9-13H2,1-2H3,(H,25,29)(H,32,33)/t16-,20-/m1/s1. The third-order valence-electron chi connectivity index (χ3n) is 6.90. The first-order valence-corrected chi connectivity index (χ1v) is 12.4. The Morgan fingerprint density at radius 3 is 2.89 bits per heavy atom. The number of carboxylic acid groups (broad SMARTS) is 1. The van der Waals surface area contributed by atoms with E-state index in [1.54, 1.807) is 4.68 Å². The van der Waals surface area contributed by atoms with E-state index in [0.29, 0.717) is 60.7 Å². The predicted molar refractivity (Wildman–Crippen MR) is 127 cm³/mol. The van der Waals surface area contributed by atoms with Crippen LogP contribution < -0.4 is 10.1 Å². The number of pyridine rings is 1. The van der Waals surface area contributed by atoms with Crippen LogP contribution in [0.2, 0.25) is 0 Å². The summed E-state index contributed by atoms with van der Waals surface area (Å²) >= 11 is 0. The molecule has 192 valence electrons. The predicted octanol–water partition coefficient (Wildman–Crippen LogP) is 2.92. The zero-order valence-electron chi connectivity index (χ0n) is 20.5. The van der Waals surface area contributed by atoms with Crippen LogP contribution in [0.15, 0.2) is 16.7 Å². The summed E-state index contributed by atoms with van der Waals surface area (Å²) in [4.78, 5) is 20.4. The molecule has 3 aromatic rings. The van der Waals surface area contributed by atoms with Crippen LogP contribution in [0.25, 0.3) is 11.4 Å². The second-order valence-electron chi connectivity index (χ2n) is 9.45. The fourth-order valence-electron chi connectivity index (χ4n) is 4.50. The summed E-state index contributed by atoms with van der Waals surface area (Å²) in [5.41, 5.74) is 2.81. The summed E-state index contributed by atoms with van der Waals surface area (Å²) in [6, 6.07) is 3.67. The number of carbonyl (C=O) groups is 1. The smallest absolute Gasteiger partial charge is 0.332 e. The van der Waals surface area contributed by atoms with Gasteiger partial charge in [-0.05, 0) is 36.6 Å². The molecule has 0 unspecified atom stereocenters. The Bertz CT molecular complexity index is 1210. The van der Waals surface area contributed by atoms with E-state index in [-0.39, 0.29) is 6.10 Å². The van der Waals surface area contributed by atoms with Gasteiger partial charge in [0.1, 0.15) is 17.5 Å². The first-order valence-electron chi connectivity index (χ1n) is 12.4. The molecule has 36 heavy (non-hydrogen) atoms. The van der Waals surface area contributed by atoms with Crippen molar-refractivity contribution in [1.82, 2.24) is 30.1 Å². The number of nitrogens with one attached hydrogen (secondary N) is 1. The second kappa shape index (κ2) is 10.6. The van der Waals surface area contributed by atoms with Gasteiger partial charge < -0.3 is 24.4 Å². The fourth-order valence-corrected chi connectivity index (χ4v) is 4.50. The lowest BCUT2D eigenvalue weighted by Crippen LogP contribution is -2.37. The SMILES string of the molecule is Cc1nc(-c2nnn(C)c2CNc2noc(CCC3CCC3)n2)ccc1O[C@@H]1CCO[C@@H](C(=O)O)C1. The van der Waals surface area contributed by atoms with Crippen LogP contribution in [-0.4, -0.2) is 60.0 Å². The summed E-state index contributed by atoms with van der Waals surface area (Å²) in [7, 11) is 1.82. The minimum atomic E-state index is -0.969. The van der Waals surface area contributed by atoms with Gasteiger partial charge in [0.2, 0.25) is 5.89 Å².